The third kappa shape index (κ3) is 3.45. The average Bonchev–Trinajstić information content (AvgIpc) is 3.28. The number of benzene rings is 2. The smallest absolute Gasteiger partial charge is 0.121 e. The highest BCUT2D eigenvalue weighted by atomic mass is 16.5. The Morgan fingerprint density at radius 3 is 2.85 bits per heavy atom. The Bertz CT molecular complexity index is 987. The van der Waals surface area contributed by atoms with Crippen LogP contribution in [0.25, 0.3) is 16.7 Å². The zero-order chi connectivity index (χ0) is 17.9. The maximum Gasteiger partial charge on any atom is 0.121 e. The number of imidazole rings is 1. The fraction of sp³-hybridized carbons (Fsp3) is 0.200. The van der Waals surface area contributed by atoms with Crippen molar-refractivity contribution in [1.82, 2.24) is 24.6 Å². The molecule has 2 heterocycles. The first-order valence-electron chi connectivity index (χ1n) is 8.51. The number of hydrogen-bond donors (Lipinski definition) is 1. The van der Waals surface area contributed by atoms with Crippen LogP contribution in [0.15, 0.2) is 60.9 Å². The molecule has 132 valence electrons. The minimum Gasteiger partial charge on any atom is -0.497 e. The van der Waals surface area contributed by atoms with Gasteiger partial charge in [-0.15, -0.1) is 0 Å². The molecule has 0 saturated carbocycles. The number of aromatic nitrogens is 4. The van der Waals surface area contributed by atoms with E-state index in [4.69, 9.17) is 4.74 Å². The van der Waals surface area contributed by atoms with Gasteiger partial charge >= 0.3 is 0 Å². The Labute approximate surface area is 152 Å². The lowest BCUT2D eigenvalue weighted by Crippen LogP contribution is -2.17. The molecule has 26 heavy (non-hydrogen) atoms. The van der Waals surface area contributed by atoms with Crippen LogP contribution in [0, 0.1) is 0 Å². The molecule has 4 rings (SSSR count). The first kappa shape index (κ1) is 16.4. The first-order chi connectivity index (χ1) is 12.7. The number of hydrogen-bond acceptors (Lipinski definition) is 4. The molecule has 2 aromatic carbocycles. The van der Waals surface area contributed by atoms with Crippen LogP contribution in [0.3, 0.4) is 0 Å². The Balaban J connectivity index is 1.44. The van der Waals surface area contributed by atoms with E-state index in [1.165, 1.54) is 0 Å². The number of rotatable bonds is 6. The summed E-state index contributed by atoms with van der Waals surface area (Å²) in [7, 11) is 3.75. The molecule has 4 aromatic rings. The summed E-state index contributed by atoms with van der Waals surface area (Å²) in [6, 6.07) is 16.0. The van der Waals surface area contributed by atoms with Crippen LogP contribution in [0.1, 0.15) is 11.4 Å². The van der Waals surface area contributed by atoms with E-state index in [0.29, 0.717) is 0 Å². The average molecular weight is 347 g/mol. The van der Waals surface area contributed by atoms with Crippen LogP contribution in [-0.4, -0.2) is 38.8 Å². The largest absolute Gasteiger partial charge is 0.497 e. The minimum absolute atomic E-state index is 0.749. The van der Waals surface area contributed by atoms with Crippen molar-refractivity contribution in [2.45, 2.75) is 13.1 Å². The molecule has 2 aromatic heterocycles. The molecule has 0 radical (unpaired) electrons. The van der Waals surface area contributed by atoms with E-state index in [1.54, 1.807) is 7.11 Å². The maximum atomic E-state index is 5.28. The zero-order valence-electron chi connectivity index (χ0n) is 14.9. The molecular weight excluding hydrogens is 326 g/mol. The predicted molar refractivity (Wildman–Crippen MR) is 101 cm³/mol. The van der Waals surface area contributed by atoms with E-state index < -0.39 is 0 Å². The molecule has 6 nitrogen and oxygen atoms in total. The van der Waals surface area contributed by atoms with Gasteiger partial charge in [-0.3, -0.25) is 4.90 Å². The first-order valence-corrected chi connectivity index (χ1v) is 8.51. The molecule has 0 saturated heterocycles. The summed E-state index contributed by atoms with van der Waals surface area (Å²) in [5, 5.41) is 4.47. The van der Waals surface area contributed by atoms with E-state index in [2.05, 4.69) is 27.0 Å². The number of fused-ring (bicyclic) bond motifs is 1. The Kier molecular flexibility index (Phi) is 4.41. The SMILES string of the molecule is COc1cccc(-n2cc(CN(C)Cc3nc4ccccc4[nH]3)cn2)c1. The van der Waals surface area contributed by atoms with Crippen LogP contribution in [0.2, 0.25) is 0 Å². The van der Waals surface area contributed by atoms with Crippen molar-refractivity contribution in [2.75, 3.05) is 14.2 Å². The second-order valence-electron chi connectivity index (χ2n) is 6.37. The van der Waals surface area contributed by atoms with Gasteiger partial charge in [-0.1, -0.05) is 18.2 Å². The topological polar surface area (TPSA) is 59.0 Å². The van der Waals surface area contributed by atoms with E-state index in [-0.39, 0.29) is 0 Å². The van der Waals surface area contributed by atoms with Crippen molar-refractivity contribution in [3.63, 3.8) is 0 Å². The summed E-state index contributed by atoms with van der Waals surface area (Å²) in [6.07, 6.45) is 3.94. The number of aromatic amines is 1. The fourth-order valence-corrected chi connectivity index (χ4v) is 3.04. The van der Waals surface area contributed by atoms with Gasteiger partial charge in [0, 0.05) is 24.4 Å². The van der Waals surface area contributed by atoms with Crippen molar-refractivity contribution in [2.24, 2.45) is 0 Å². The maximum absolute atomic E-state index is 5.28. The van der Waals surface area contributed by atoms with Crippen LogP contribution in [-0.2, 0) is 13.1 Å². The summed E-state index contributed by atoms with van der Waals surface area (Å²) in [6.45, 7) is 1.54. The molecule has 0 amide bonds. The van der Waals surface area contributed by atoms with Gasteiger partial charge in [0.15, 0.2) is 0 Å². The monoisotopic (exact) mass is 347 g/mol. The van der Waals surface area contributed by atoms with Gasteiger partial charge in [-0.25, -0.2) is 9.67 Å². The third-order valence-corrected chi connectivity index (χ3v) is 4.26. The van der Waals surface area contributed by atoms with Crippen LogP contribution < -0.4 is 4.74 Å². The number of methoxy groups -OCH3 is 1. The standard InChI is InChI=1S/C20H21N5O/c1-24(14-20-22-18-8-3-4-9-19(18)23-20)12-15-11-21-25(13-15)16-6-5-7-17(10-16)26-2/h3-11,13H,12,14H2,1-2H3,(H,22,23). The van der Waals surface area contributed by atoms with Crippen molar-refractivity contribution in [3.05, 3.63) is 72.3 Å². The second kappa shape index (κ2) is 7.01. The van der Waals surface area contributed by atoms with Gasteiger partial charge in [-0.05, 0) is 31.3 Å². The van der Waals surface area contributed by atoms with Crippen molar-refractivity contribution in [3.8, 4) is 11.4 Å². The number of nitrogens with one attached hydrogen (secondary N) is 1. The van der Waals surface area contributed by atoms with Crippen LogP contribution >= 0.6 is 0 Å². The Hall–Kier alpha value is -3.12. The summed E-state index contributed by atoms with van der Waals surface area (Å²) < 4.78 is 7.15. The highest BCUT2D eigenvalue weighted by Crippen LogP contribution is 2.17. The lowest BCUT2D eigenvalue weighted by atomic mass is 10.3. The molecule has 0 atom stereocenters. The van der Waals surface area contributed by atoms with Crippen molar-refractivity contribution >= 4 is 11.0 Å². The number of H-pyrrole nitrogens is 1. The number of ether oxygens (including phenoxy) is 1. The predicted octanol–water partition coefficient (Wildman–Crippen LogP) is 3.39. The van der Waals surface area contributed by atoms with Crippen LogP contribution in [0.4, 0.5) is 0 Å². The zero-order valence-corrected chi connectivity index (χ0v) is 14.9. The van der Waals surface area contributed by atoms with Crippen molar-refractivity contribution < 1.29 is 4.74 Å². The summed E-state index contributed by atoms with van der Waals surface area (Å²) >= 11 is 0. The van der Waals surface area contributed by atoms with Crippen LogP contribution in [0.5, 0.6) is 5.75 Å². The Morgan fingerprint density at radius 1 is 1.12 bits per heavy atom. The molecule has 0 spiro atoms. The highest BCUT2D eigenvalue weighted by Gasteiger charge is 2.08. The fourth-order valence-electron chi connectivity index (χ4n) is 3.04. The quantitative estimate of drug-likeness (QED) is 0.581. The normalized spacial score (nSPS) is 11.3. The van der Waals surface area contributed by atoms with Gasteiger partial charge in [0.2, 0.25) is 0 Å². The Morgan fingerprint density at radius 2 is 2.00 bits per heavy atom. The lowest BCUT2D eigenvalue weighted by molar-refractivity contribution is 0.312. The molecule has 0 aliphatic carbocycles. The summed E-state index contributed by atoms with van der Waals surface area (Å²) in [4.78, 5) is 10.2. The third-order valence-electron chi connectivity index (χ3n) is 4.26. The number of nitrogens with zero attached hydrogens (tertiary/aromatic N) is 4. The molecule has 0 unspecified atom stereocenters. The van der Waals surface area contributed by atoms with E-state index >= 15 is 0 Å². The van der Waals surface area contributed by atoms with E-state index in [9.17, 15) is 0 Å². The van der Waals surface area contributed by atoms with E-state index in [0.717, 1.165) is 46.9 Å². The molecule has 6 heteroatoms. The van der Waals surface area contributed by atoms with Gasteiger partial charge in [0.25, 0.3) is 0 Å². The molecule has 0 fully saturated rings. The van der Waals surface area contributed by atoms with Gasteiger partial charge in [-0.2, -0.15) is 5.10 Å². The molecular formula is C20H21N5O. The molecule has 0 aliphatic heterocycles. The minimum atomic E-state index is 0.749. The molecule has 0 aliphatic rings. The molecule has 0 bridgehead atoms. The summed E-state index contributed by atoms with van der Waals surface area (Å²) in [5.41, 5.74) is 4.20. The van der Waals surface area contributed by atoms with Gasteiger partial charge in [0.05, 0.1) is 36.6 Å². The molecule has 1 N–H and O–H groups in total. The lowest BCUT2D eigenvalue weighted by Gasteiger charge is -2.13. The second-order valence-corrected chi connectivity index (χ2v) is 6.37. The highest BCUT2D eigenvalue weighted by molar-refractivity contribution is 5.74. The van der Waals surface area contributed by atoms with Gasteiger partial charge in [0.1, 0.15) is 11.6 Å². The summed E-state index contributed by atoms with van der Waals surface area (Å²) in [5.74, 6) is 1.79. The number of para-hydroxylation sites is 2. The van der Waals surface area contributed by atoms with Crippen molar-refractivity contribution in [1.29, 1.82) is 0 Å². The van der Waals surface area contributed by atoms with E-state index in [1.807, 2.05) is 65.6 Å². The van der Waals surface area contributed by atoms with Gasteiger partial charge < -0.3 is 9.72 Å².